The summed E-state index contributed by atoms with van der Waals surface area (Å²) in [5, 5.41) is 6.93. The van der Waals surface area contributed by atoms with Crippen LogP contribution in [0.25, 0.3) is 5.82 Å². The lowest BCUT2D eigenvalue weighted by molar-refractivity contribution is 0.0933. The Kier molecular flexibility index (Phi) is 6.84. The normalized spacial score (nSPS) is 15.5. The van der Waals surface area contributed by atoms with E-state index < -0.39 is 0 Å². The van der Waals surface area contributed by atoms with Crippen molar-refractivity contribution < 1.29 is 9.53 Å². The molecule has 0 bridgehead atoms. The van der Waals surface area contributed by atoms with Gasteiger partial charge in [-0.1, -0.05) is 41.9 Å². The Morgan fingerprint density at radius 1 is 1.25 bits per heavy atom. The van der Waals surface area contributed by atoms with Crippen molar-refractivity contribution in [2.24, 2.45) is 5.73 Å². The van der Waals surface area contributed by atoms with Gasteiger partial charge in [-0.15, -0.1) is 0 Å². The van der Waals surface area contributed by atoms with Crippen molar-refractivity contribution in [3.05, 3.63) is 94.7 Å². The minimum Gasteiger partial charge on any atom is -0.493 e. The molecule has 0 aliphatic carbocycles. The maximum atomic E-state index is 12.9. The quantitative estimate of drug-likeness (QED) is 0.348. The molecule has 4 aromatic rings. The number of hydrogen-bond donors (Lipinski definition) is 3. The zero-order valence-electron chi connectivity index (χ0n) is 19.7. The number of carbonyl (C=O) groups excluding carboxylic acids is 1. The van der Waals surface area contributed by atoms with Gasteiger partial charge in [0.15, 0.2) is 0 Å². The van der Waals surface area contributed by atoms with Crippen LogP contribution in [0, 0.1) is 6.92 Å². The molecule has 36 heavy (non-hydrogen) atoms. The monoisotopic (exact) mass is 503 g/mol. The topological polar surface area (TPSA) is 120 Å². The van der Waals surface area contributed by atoms with Crippen LogP contribution in [-0.2, 0) is 0 Å². The first-order valence-electron chi connectivity index (χ1n) is 11.6. The second-order valence-electron chi connectivity index (χ2n) is 8.56. The van der Waals surface area contributed by atoms with Crippen LogP contribution in [0.2, 0.25) is 5.02 Å². The number of halogens is 1. The highest BCUT2D eigenvalue weighted by molar-refractivity contribution is 6.30. The van der Waals surface area contributed by atoms with Gasteiger partial charge < -0.3 is 21.1 Å². The van der Waals surface area contributed by atoms with Crippen molar-refractivity contribution in [2.75, 3.05) is 18.5 Å². The van der Waals surface area contributed by atoms with Crippen LogP contribution >= 0.6 is 11.6 Å². The fourth-order valence-electron chi connectivity index (χ4n) is 4.20. The standard InChI is InChI=1S/C26H26ClN7O2/c1-16-13-29-26(32-20-9-10-36-23-8-3-2-7-19(20)23)33-24(16)34-14-22(30-15-34)25(35)31-21(12-28)17-5-4-6-18(27)11-17/h2-8,11,13-15,20-21H,9-10,12,28H2,1H3,(H,31,35)(H,29,32,33)/t20?,21-/m1/s1. The third-order valence-electron chi connectivity index (χ3n) is 6.06. The van der Waals surface area contributed by atoms with Crippen LogP contribution in [0.5, 0.6) is 5.75 Å². The third kappa shape index (κ3) is 5.02. The number of nitrogens with one attached hydrogen (secondary N) is 2. The number of imidazole rings is 1. The smallest absolute Gasteiger partial charge is 0.272 e. The first-order chi connectivity index (χ1) is 17.5. The van der Waals surface area contributed by atoms with Crippen molar-refractivity contribution in [3.8, 4) is 11.6 Å². The third-order valence-corrected chi connectivity index (χ3v) is 6.29. The number of hydrogen-bond acceptors (Lipinski definition) is 7. The molecule has 10 heteroatoms. The molecule has 0 spiro atoms. The fourth-order valence-corrected chi connectivity index (χ4v) is 4.40. The van der Waals surface area contributed by atoms with Crippen LogP contribution in [0.1, 0.15) is 45.7 Å². The van der Waals surface area contributed by atoms with Gasteiger partial charge in [-0.2, -0.15) is 4.98 Å². The summed E-state index contributed by atoms with van der Waals surface area (Å²) in [6.45, 7) is 2.75. The molecule has 184 valence electrons. The summed E-state index contributed by atoms with van der Waals surface area (Å²) in [4.78, 5) is 26.4. The molecule has 0 radical (unpaired) electrons. The number of para-hydroxylation sites is 1. The van der Waals surface area contributed by atoms with Crippen LogP contribution in [0.4, 0.5) is 5.95 Å². The van der Waals surface area contributed by atoms with E-state index in [2.05, 4.69) is 20.6 Å². The first kappa shape index (κ1) is 23.8. The number of amides is 1. The first-order valence-corrected chi connectivity index (χ1v) is 12.0. The molecule has 5 rings (SSSR count). The van der Waals surface area contributed by atoms with Crippen molar-refractivity contribution >= 4 is 23.5 Å². The van der Waals surface area contributed by atoms with E-state index in [4.69, 9.17) is 27.1 Å². The van der Waals surface area contributed by atoms with E-state index in [1.165, 1.54) is 0 Å². The lowest BCUT2D eigenvalue weighted by Gasteiger charge is -2.26. The number of carbonyl (C=O) groups is 1. The SMILES string of the molecule is Cc1cnc(NC2CCOc3ccccc32)nc1-n1cnc(C(=O)N[C@H](CN)c2cccc(Cl)c2)c1. The van der Waals surface area contributed by atoms with E-state index in [1.54, 1.807) is 35.4 Å². The summed E-state index contributed by atoms with van der Waals surface area (Å²) in [6.07, 6.45) is 5.76. The number of nitrogens with zero attached hydrogens (tertiary/aromatic N) is 4. The van der Waals surface area contributed by atoms with Crippen LogP contribution in [-0.4, -0.2) is 38.6 Å². The minimum atomic E-state index is -0.389. The number of nitrogens with two attached hydrogens (primary N) is 1. The van der Waals surface area contributed by atoms with Gasteiger partial charge in [0.2, 0.25) is 5.95 Å². The van der Waals surface area contributed by atoms with Crippen molar-refractivity contribution in [3.63, 3.8) is 0 Å². The molecular formula is C26H26ClN7O2. The Morgan fingerprint density at radius 3 is 2.94 bits per heavy atom. The molecule has 0 saturated carbocycles. The molecule has 9 nitrogen and oxygen atoms in total. The predicted molar refractivity (Wildman–Crippen MR) is 138 cm³/mol. The minimum absolute atomic E-state index is 0.0364. The largest absolute Gasteiger partial charge is 0.493 e. The van der Waals surface area contributed by atoms with Crippen molar-refractivity contribution in [2.45, 2.75) is 25.4 Å². The van der Waals surface area contributed by atoms with Gasteiger partial charge in [0, 0.05) is 41.5 Å². The molecule has 1 aliphatic heterocycles. The molecule has 3 heterocycles. The van der Waals surface area contributed by atoms with Gasteiger partial charge in [-0.25, -0.2) is 9.97 Å². The second kappa shape index (κ2) is 10.3. The lowest BCUT2D eigenvalue weighted by atomic mass is 10.0. The Labute approximate surface area is 213 Å². The van der Waals surface area contributed by atoms with E-state index in [0.29, 0.717) is 23.4 Å². The highest BCUT2D eigenvalue weighted by atomic mass is 35.5. The molecule has 4 N–H and O–H groups in total. The van der Waals surface area contributed by atoms with Crippen molar-refractivity contribution in [1.82, 2.24) is 24.8 Å². The summed E-state index contributed by atoms with van der Waals surface area (Å²) in [7, 11) is 0. The number of rotatable bonds is 7. The Balaban J connectivity index is 1.34. The van der Waals surface area contributed by atoms with Crippen molar-refractivity contribution in [1.29, 1.82) is 0 Å². The van der Waals surface area contributed by atoms with E-state index in [1.807, 2.05) is 43.3 Å². The molecule has 1 amide bonds. The molecule has 0 fully saturated rings. The average molecular weight is 504 g/mol. The van der Waals surface area contributed by atoms with Gasteiger partial charge in [0.1, 0.15) is 23.6 Å². The molecule has 2 aromatic carbocycles. The summed E-state index contributed by atoms with van der Waals surface area (Å²) < 4.78 is 7.47. The van der Waals surface area contributed by atoms with E-state index in [9.17, 15) is 4.79 Å². The molecular weight excluding hydrogens is 478 g/mol. The molecule has 1 unspecified atom stereocenters. The summed E-state index contributed by atoms with van der Waals surface area (Å²) in [5.74, 6) is 1.64. The number of anilines is 1. The van der Waals surface area contributed by atoms with Gasteiger partial charge in [0.25, 0.3) is 5.91 Å². The number of aryl methyl sites for hydroxylation is 1. The number of benzene rings is 2. The van der Waals surface area contributed by atoms with Crippen LogP contribution < -0.4 is 21.1 Å². The molecule has 2 aromatic heterocycles. The molecule has 1 aliphatic rings. The zero-order chi connectivity index (χ0) is 25.1. The van der Waals surface area contributed by atoms with E-state index >= 15 is 0 Å². The van der Waals surface area contributed by atoms with Gasteiger partial charge in [-0.05, 0) is 30.7 Å². The average Bonchev–Trinajstić information content (AvgIpc) is 3.39. The van der Waals surface area contributed by atoms with Crippen LogP contribution in [0.3, 0.4) is 0 Å². The number of fused-ring (bicyclic) bond motifs is 1. The Hall–Kier alpha value is -3.95. The summed E-state index contributed by atoms with van der Waals surface area (Å²) in [5.41, 5.74) is 8.90. The van der Waals surface area contributed by atoms with E-state index in [-0.39, 0.29) is 30.2 Å². The van der Waals surface area contributed by atoms with Gasteiger partial charge in [-0.3, -0.25) is 9.36 Å². The molecule has 2 atom stereocenters. The summed E-state index contributed by atoms with van der Waals surface area (Å²) >= 11 is 6.09. The van der Waals surface area contributed by atoms with E-state index in [0.717, 1.165) is 28.9 Å². The Morgan fingerprint density at radius 2 is 2.11 bits per heavy atom. The van der Waals surface area contributed by atoms with Gasteiger partial charge in [0.05, 0.1) is 18.7 Å². The lowest BCUT2D eigenvalue weighted by Crippen LogP contribution is -2.33. The summed E-state index contributed by atoms with van der Waals surface area (Å²) in [6, 6.07) is 14.9. The predicted octanol–water partition coefficient (Wildman–Crippen LogP) is 3.99. The highest BCUT2D eigenvalue weighted by Gasteiger charge is 2.22. The number of ether oxygens (including phenoxy) is 1. The maximum absolute atomic E-state index is 12.9. The van der Waals surface area contributed by atoms with Gasteiger partial charge >= 0.3 is 0 Å². The Bertz CT molecular complexity index is 1390. The second-order valence-corrected chi connectivity index (χ2v) is 8.99. The highest BCUT2D eigenvalue weighted by Crippen LogP contribution is 2.33. The fraction of sp³-hybridized carbons (Fsp3) is 0.231. The van der Waals surface area contributed by atoms with Crippen LogP contribution in [0.15, 0.2) is 67.3 Å². The molecule has 0 saturated heterocycles. The number of aromatic nitrogens is 4. The zero-order valence-corrected chi connectivity index (χ0v) is 20.4. The maximum Gasteiger partial charge on any atom is 0.272 e.